The number of unbranched alkanes of at least 4 members (excludes halogenated alkanes) is 1. The maximum atomic E-state index is 13.5. The summed E-state index contributed by atoms with van der Waals surface area (Å²) >= 11 is 5.55. The fourth-order valence-corrected chi connectivity index (χ4v) is 5.48. The minimum absolute atomic E-state index is 0.00180. The van der Waals surface area contributed by atoms with Crippen molar-refractivity contribution in [3.05, 3.63) is 29.3 Å². The summed E-state index contributed by atoms with van der Waals surface area (Å²) in [5.74, 6) is -0.328. The molecular weight excluding hydrogens is 491 g/mol. The quantitative estimate of drug-likeness (QED) is 0.415. The molecule has 36 heavy (non-hydrogen) atoms. The van der Waals surface area contributed by atoms with Gasteiger partial charge < -0.3 is 9.80 Å². The smallest absolute Gasteiger partial charge is 0.337 e. The molecule has 1 aromatic carbocycles. The highest BCUT2D eigenvalue weighted by Gasteiger charge is 2.49. The number of anilines is 1. The zero-order chi connectivity index (χ0) is 27.0. The van der Waals surface area contributed by atoms with E-state index in [2.05, 4.69) is 11.8 Å². The van der Waals surface area contributed by atoms with Crippen LogP contribution in [0, 0.1) is 11.3 Å². The van der Waals surface area contributed by atoms with Gasteiger partial charge in [0.25, 0.3) is 5.91 Å². The van der Waals surface area contributed by atoms with Gasteiger partial charge >= 0.3 is 6.18 Å². The molecule has 1 aromatic rings. The van der Waals surface area contributed by atoms with Crippen LogP contribution in [0.15, 0.2) is 18.2 Å². The van der Waals surface area contributed by atoms with Crippen LogP contribution in [0.1, 0.15) is 58.6 Å². The van der Waals surface area contributed by atoms with E-state index in [0.29, 0.717) is 13.1 Å². The van der Waals surface area contributed by atoms with Crippen LogP contribution >= 0.6 is 12.2 Å². The lowest BCUT2D eigenvalue weighted by molar-refractivity contribution is -0.138. The standard InChI is InChI=1S/C25H32F3N5O2S/c1-16-15-31(18(3)34)17(2)14-30(16)10-6-7-11-32-23(36)33(22(35)24(32,4)5)20-9-8-19(13-29)21(12-20)25(26,27)28/h8-9,12,16-17H,6-7,10-11,14-15H2,1-5H3/t16-,17+/m1/s1. The van der Waals surface area contributed by atoms with E-state index in [9.17, 15) is 22.8 Å². The molecule has 0 aromatic heterocycles. The Bertz CT molecular complexity index is 1080. The molecule has 2 amide bonds. The first kappa shape index (κ1) is 27.9. The lowest BCUT2D eigenvalue weighted by atomic mass is 10.0. The number of alkyl halides is 3. The van der Waals surface area contributed by atoms with Gasteiger partial charge in [-0.05, 0) is 77.5 Å². The van der Waals surface area contributed by atoms with Crippen molar-refractivity contribution in [1.29, 1.82) is 5.26 Å². The van der Waals surface area contributed by atoms with E-state index in [1.807, 2.05) is 11.8 Å². The van der Waals surface area contributed by atoms with Crippen molar-refractivity contribution in [3.8, 4) is 6.07 Å². The van der Waals surface area contributed by atoms with Crippen molar-refractivity contribution in [2.75, 3.05) is 31.1 Å². The lowest BCUT2D eigenvalue weighted by Gasteiger charge is -2.44. The fraction of sp³-hybridized carbons (Fsp3) is 0.600. The maximum absolute atomic E-state index is 13.5. The number of benzene rings is 1. The summed E-state index contributed by atoms with van der Waals surface area (Å²) in [7, 11) is 0. The van der Waals surface area contributed by atoms with Crippen LogP contribution in [0.5, 0.6) is 0 Å². The van der Waals surface area contributed by atoms with Crippen molar-refractivity contribution in [1.82, 2.24) is 14.7 Å². The van der Waals surface area contributed by atoms with E-state index >= 15 is 0 Å². The first-order valence-electron chi connectivity index (χ1n) is 12.0. The Balaban J connectivity index is 1.67. The Morgan fingerprint density at radius 2 is 1.81 bits per heavy atom. The van der Waals surface area contributed by atoms with E-state index in [1.54, 1.807) is 31.7 Å². The highest BCUT2D eigenvalue weighted by Crippen LogP contribution is 2.38. The van der Waals surface area contributed by atoms with Crippen LogP contribution in [0.4, 0.5) is 18.9 Å². The first-order valence-corrected chi connectivity index (χ1v) is 12.4. The highest BCUT2D eigenvalue weighted by atomic mass is 32.1. The van der Waals surface area contributed by atoms with Crippen molar-refractivity contribution >= 4 is 34.8 Å². The minimum Gasteiger partial charge on any atom is -0.337 e. The monoisotopic (exact) mass is 523 g/mol. The predicted octanol–water partition coefficient (Wildman–Crippen LogP) is 4.01. The normalized spacial score (nSPS) is 22.8. The minimum atomic E-state index is -4.73. The largest absolute Gasteiger partial charge is 0.417 e. The number of amides is 2. The topological polar surface area (TPSA) is 70.9 Å². The SMILES string of the molecule is CC(=O)N1C[C@@H](C)N(CCCCN2C(=S)N(c3ccc(C#N)c(C(F)(F)F)c3)C(=O)C2(C)C)C[C@@H]1C. The molecule has 0 radical (unpaired) electrons. The molecule has 2 atom stereocenters. The molecule has 2 fully saturated rings. The Kier molecular flexibility index (Phi) is 8.01. The van der Waals surface area contributed by atoms with Crippen LogP contribution in [-0.4, -0.2) is 75.4 Å². The lowest BCUT2D eigenvalue weighted by Crippen LogP contribution is -2.57. The third-order valence-electron chi connectivity index (χ3n) is 7.11. The van der Waals surface area contributed by atoms with Crippen LogP contribution in [0.25, 0.3) is 0 Å². The van der Waals surface area contributed by atoms with Crippen molar-refractivity contribution in [2.45, 2.75) is 71.3 Å². The molecule has 0 saturated carbocycles. The van der Waals surface area contributed by atoms with Gasteiger partial charge in [0.05, 0.1) is 22.9 Å². The van der Waals surface area contributed by atoms with Gasteiger partial charge in [0.1, 0.15) is 5.54 Å². The Morgan fingerprint density at radius 3 is 2.39 bits per heavy atom. The molecule has 0 spiro atoms. The Hall–Kier alpha value is -2.71. The average Bonchev–Trinajstić information content (AvgIpc) is 2.96. The van der Waals surface area contributed by atoms with Gasteiger partial charge in [-0.2, -0.15) is 18.4 Å². The van der Waals surface area contributed by atoms with E-state index < -0.39 is 28.7 Å². The van der Waals surface area contributed by atoms with E-state index in [-0.39, 0.29) is 28.8 Å². The summed E-state index contributed by atoms with van der Waals surface area (Å²) in [5.41, 5.74) is -2.62. The van der Waals surface area contributed by atoms with Gasteiger partial charge in [0.15, 0.2) is 5.11 Å². The second-order valence-corrected chi connectivity index (χ2v) is 10.4. The number of rotatable bonds is 6. The third-order valence-corrected chi connectivity index (χ3v) is 7.51. The molecule has 7 nitrogen and oxygen atoms in total. The van der Waals surface area contributed by atoms with Gasteiger partial charge in [-0.1, -0.05) is 0 Å². The molecule has 2 saturated heterocycles. The second-order valence-electron chi connectivity index (χ2n) is 10.0. The van der Waals surface area contributed by atoms with Gasteiger partial charge in [-0.3, -0.25) is 19.4 Å². The molecule has 0 aliphatic carbocycles. The summed E-state index contributed by atoms with van der Waals surface area (Å²) in [6.45, 7) is 11.9. The molecule has 2 heterocycles. The number of thiocarbonyl (C=S) groups is 1. The Morgan fingerprint density at radius 1 is 1.17 bits per heavy atom. The molecule has 0 N–H and O–H groups in total. The van der Waals surface area contributed by atoms with E-state index in [0.717, 1.165) is 43.0 Å². The van der Waals surface area contributed by atoms with Crippen LogP contribution < -0.4 is 4.90 Å². The molecule has 2 aliphatic heterocycles. The number of piperazine rings is 1. The van der Waals surface area contributed by atoms with Crippen LogP contribution in [-0.2, 0) is 15.8 Å². The summed E-state index contributed by atoms with van der Waals surface area (Å²) in [6, 6.07) is 5.13. The number of hydrogen-bond donors (Lipinski definition) is 0. The van der Waals surface area contributed by atoms with Crippen LogP contribution in [0.3, 0.4) is 0 Å². The van der Waals surface area contributed by atoms with Crippen LogP contribution in [0.2, 0.25) is 0 Å². The average molecular weight is 524 g/mol. The molecule has 0 unspecified atom stereocenters. The maximum Gasteiger partial charge on any atom is 0.417 e. The molecular formula is C25H32F3N5O2S. The Labute approximate surface area is 215 Å². The van der Waals surface area contributed by atoms with Gasteiger partial charge in [0.2, 0.25) is 5.91 Å². The molecule has 0 bridgehead atoms. The molecule has 196 valence electrons. The van der Waals surface area contributed by atoms with Crippen molar-refractivity contribution in [3.63, 3.8) is 0 Å². The zero-order valence-corrected chi connectivity index (χ0v) is 22.0. The van der Waals surface area contributed by atoms with E-state index in [1.165, 1.54) is 6.07 Å². The third kappa shape index (κ3) is 5.34. The number of carbonyl (C=O) groups excluding carboxylic acids is 2. The second kappa shape index (κ2) is 10.3. The first-order chi connectivity index (χ1) is 16.7. The van der Waals surface area contributed by atoms with Crippen molar-refractivity contribution in [2.24, 2.45) is 0 Å². The number of hydrogen-bond acceptors (Lipinski definition) is 5. The number of nitriles is 1. The number of nitrogens with zero attached hydrogens (tertiary/aromatic N) is 5. The molecule has 3 rings (SSSR count). The van der Waals surface area contributed by atoms with Crippen molar-refractivity contribution < 1.29 is 22.8 Å². The highest BCUT2D eigenvalue weighted by molar-refractivity contribution is 7.80. The van der Waals surface area contributed by atoms with Gasteiger partial charge in [0, 0.05) is 38.6 Å². The van der Waals surface area contributed by atoms with E-state index in [4.69, 9.17) is 17.5 Å². The molecule has 2 aliphatic rings. The zero-order valence-electron chi connectivity index (χ0n) is 21.2. The van der Waals surface area contributed by atoms with Gasteiger partial charge in [-0.15, -0.1) is 0 Å². The van der Waals surface area contributed by atoms with Gasteiger partial charge in [-0.25, -0.2) is 0 Å². The summed E-state index contributed by atoms with van der Waals surface area (Å²) in [6.07, 6.45) is -3.15. The number of halogens is 3. The predicted molar refractivity (Wildman–Crippen MR) is 134 cm³/mol. The summed E-state index contributed by atoms with van der Waals surface area (Å²) in [5, 5.41) is 9.22. The number of carbonyl (C=O) groups is 2. The summed E-state index contributed by atoms with van der Waals surface area (Å²) < 4.78 is 40.4. The fourth-order valence-electron chi connectivity index (χ4n) is 4.98. The summed E-state index contributed by atoms with van der Waals surface area (Å²) in [4.78, 5) is 32.2. The molecule has 11 heteroatoms.